The Morgan fingerprint density at radius 1 is 1.43 bits per heavy atom. The fraction of sp³-hybridized carbons (Fsp3) is 0.409. The van der Waals surface area contributed by atoms with E-state index in [1.54, 1.807) is 17.1 Å². The van der Waals surface area contributed by atoms with Crippen LogP contribution in [0.2, 0.25) is 0 Å². The number of hydrogen-bond acceptors (Lipinski definition) is 6. The van der Waals surface area contributed by atoms with E-state index < -0.39 is 5.60 Å². The Morgan fingerprint density at radius 3 is 3.03 bits per heavy atom. The fourth-order valence-electron chi connectivity index (χ4n) is 4.34. The summed E-state index contributed by atoms with van der Waals surface area (Å²) >= 11 is 0. The Hall–Kier alpha value is -3.15. The number of pyridine rings is 1. The van der Waals surface area contributed by atoms with Gasteiger partial charge < -0.3 is 14.7 Å². The van der Waals surface area contributed by atoms with E-state index in [1.807, 2.05) is 18.2 Å². The molecule has 1 saturated heterocycles. The minimum atomic E-state index is -1.02. The van der Waals surface area contributed by atoms with Crippen LogP contribution in [0.4, 0.5) is 5.82 Å². The molecule has 8 nitrogen and oxygen atoms in total. The molecular formula is C22H24N6O2. The van der Waals surface area contributed by atoms with E-state index in [0.29, 0.717) is 38.1 Å². The molecule has 1 aliphatic heterocycles. The molecule has 2 aliphatic rings. The summed E-state index contributed by atoms with van der Waals surface area (Å²) in [6, 6.07) is 4.04. The highest BCUT2D eigenvalue weighted by atomic mass is 16.5. The number of fused-ring (bicyclic) bond motifs is 1. The van der Waals surface area contributed by atoms with Gasteiger partial charge in [-0.3, -0.25) is 5.10 Å². The van der Waals surface area contributed by atoms with Gasteiger partial charge in [-0.05, 0) is 37.8 Å². The Labute approximate surface area is 174 Å². The number of terminal acetylenes is 1. The summed E-state index contributed by atoms with van der Waals surface area (Å²) in [6.45, 7) is 4.16. The molecule has 1 fully saturated rings. The van der Waals surface area contributed by atoms with Crippen molar-refractivity contribution in [3.05, 3.63) is 41.7 Å². The van der Waals surface area contributed by atoms with E-state index in [0.717, 1.165) is 34.7 Å². The monoisotopic (exact) mass is 404 g/mol. The van der Waals surface area contributed by atoms with E-state index >= 15 is 0 Å². The molecule has 4 heterocycles. The first-order valence-electron chi connectivity index (χ1n) is 10.2. The fourth-order valence-corrected chi connectivity index (χ4v) is 4.34. The van der Waals surface area contributed by atoms with Crippen molar-refractivity contribution < 1.29 is 9.84 Å². The van der Waals surface area contributed by atoms with Crippen LogP contribution in [0, 0.1) is 12.3 Å². The maximum Gasteiger partial charge on any atom is 0.167 e. The van der Waals surface area contributed by atoms with Gasteiger partial charge in [-0.15, -0.1) is 6.42 Å². The average molecular weight is 404 g/mol. The lowest BCUT2D eigenvalue weighted by atomic mass is 9.79. The lowest BCUT2D eigenvalue weighted by molar-refractivity contribution is 0.0279. The van der Waals surface area contributed by atoms with E-state index in [4.69, 9.17) is 16.1 Å². The number of allylic oxidation sites excluding steroid dienone is 1. The highest BCUT2D eigenvalue weighted by Crippen LogP contribution is 2.41. The van der Waals surface area contributed by atoms with Crippen LogP contribution >= 0.6 is 0 Å². The number of morpholine rings is 1. The predicted octanol–water partition coefficient (Wildman–Crippen LogP) is 2.30. The van der Waals surface area contributed by atoms with Gasteiger partial charge in [0.1, 0.15) is 5.82 Å². The molecule has 8 heteroatoms. The Balaban J connectivity index is 1.69. The molecule has 0 bridgehead atoms. The molecule has 1 aliphatic carbocycles. The SMILES string of the molecule is C#CC1=CCC(O)(c2cc(N3CCOC[C@H]3C)nc3c2cnn3-c2ccn[nH]2)CC1. The number of hydrogen-bond donors (Lipinski definition) is 2. The largest absolute Gasteiger partial charge is 0.385 e. The third-order valence-corrected chi connectivity index (χ3v) is 6.08. The summed E-state index contributed by atoms with van der Waals surface area (Å²) in [5.41, 5.74) is 1.44. The third-order valence-electron chi connectivity index (χ3n) is 6.08. The normalized spacial score (nSPS) is 24.6. The molecule has 2 atom stereocenters. The topological polar surface area (TPSA) is 92.1 Å². The number of nitrogens with one attached hydrogen (secondary N) is 1. The highest BCUT2D eigenvalue weighted by Gasteiger charge is 2.35. The summed E-state index contributed by atoms with van der Waals surface area (Å²) in [5.74, 6) is 4.25. The highest BCUT2D eigenvalue weighted by molar-refractivity contribution is 5.83. The minimum Gasteiger partial charge on any atom is -0.385 e. The predicted molar refractivity (Wildman–Crippen MR) is 113 cm³/mol. The Kier molecular flexibility index (Phi) is 4.57. The summed E-state index contributed by atoms with van der Waals surface area (Å²) in [7, 11) is 0. The minimum absolute atomic E-state index is 0.189. The molecule has 3 aromatic heterocycles. The first-order valence-corrected chi connectivity index (χ1v) is 10.2. The van der Waals surface area contributed by atoms with Crippen LogP contribution in [0.1, 0.15) is 31.7 Å². The van der Waals surface area contributed by atoms with Gasteiger partial charge in [0.25, 0.3) is 0 Å². The molecule has 3 aromatic rings. The van der Waals surface area contributed by atoms with Gasteiger partial charge in [0, 0.05) is 23.6 Å². The number of rotatable bonds is 3. The number of H-pyrrole nitrogens is 1. The molecule has 0 amide bonds. The first kappa shape index (κ1) is 18.9. The molecular weight excluding hydrogens is 380 g/mol. The van der Waals surface area contributed by atoms with Gasteiger partial charge in [-0.1, -0.05) is 12.0 Å². The van der Waals surface area contributed by atoms with Crippen LogP contribution < -0.4 is 4.90 Å². The molecule has 154 valence electrons. The van der Waals surface area contributed by atoms with E-state index in [-0.39, 0.29) is 6.04 Å². The molecule has 0 radical (unpaired) electrons. The van der Waals surface area contributed by atoms with Gasteiger partial charge in [0.05, 0.1) is 37.3 Å². The van der Waals surface area contributed by atoms with E-state index in [9.17, 15) is 5.11 Å². The van der Waals surface area contributed by atoms with Crippen molar-refractivity contribution in [2.45, 2.75) is 37.8 Å². The van der Waals surface area contributed by atoms with Gasteiger partial charge in [0.2, 0.25) is 0 Å². The number of aliphatic hydroxyl groups is 1. The Morgan fingerprint density at radius 2 is 2.33 bits per heavy atom. The smallest absolute Gasteiger partial charge is 0.167 e. The molecule has 5 rings (SSSR count). The number of nitrogens with zero attached hydrogens (tertiary/aromatic N) is 5. The van der Waals surface area contributed by atoms with Crippen LogP contribution in [0.15, 0.2) is 36.2 Å². The van der Waals surface area contributed by atoms with Crippen LogP contribution in [0.5, 0.6) is 0 Å². The van der Waals surface area contributed by atoms with Gasteiger partial charge >= 0.3 is 0 Å². The first-order chi connectivity index (χ1) is 14.6. The van der Waals surface area contributed by atoms with Crippen LogP contribution in [0.25, 0.3) is 16.9 Å². The zero-order chi connectivity index (χ0) is 20.7. The van der Waals surface area contributed by atoms with Crippen molar-refractivity contribution in [2.75, 3.05) is 24.7 Å². The quantitative estimate of drug-likeness (QED) is 0.651. The molecule has 2 N–H and O–H groups in total. The van der Waals surface area contributed by atoms with Gasteiger partial charge in [-0.2, -0.15) is 14.9 Å². The molecule has 30 heavy (non-hydrogen) atoms. The van der Waals surface area contributed by atoms with Crippen molar-refractivity contribution in [3.8, 4) is 18.2 Å². The van der Waals surface area contributed by atoms with Gasteiger partial charge in [-0.25, -0.2) is 4.98 Å². The van der Waals surface area contributed by atoms with Crippen molar-refractivity contribution >= 4 is 16.9 Å². The van der Waals surface area contributed by atoms with Crippen molar-refractivity contribution in [2.24, 2.45) is 0 Å². The lowest BCUT2D eigenvalue weighted by Gasteiger charge is -2.36. The van der Waals surface area contributed by atoms with E-state index in [2.05, 4.69) is 33.0 Å². The standard InChI is InChI=1S/C22H24N6O2/c1-3-16-4-7-22(29,8-5-16)18-12-20(27-10-11-30-14-15(27)2)25-21-17(18)13-24-28(21)19-6-9-23-26-19/h1,4,6,9,12-13,15,29H,5,7-8,10-11,14H2,2H3,(H,23,26)/t15-,22?/m1/s1. The zero-order valence-corrected chi connectivity index (χ0v) is 16.9. The maximum absolute atomic E-state index is 11.6. The van der Waals surface area contributed by atoms with Crippen molar-refractivity contribution in [3.63, 3.8) is 0 Å². The van der Waals surface area contributed by atoms with E-state index in [1.165, 1.54) is 0 Å². The summed E-state index contributed by atoms with van der Waals surface area (Å²) in [4.78, 5) is 7.17. The second-order valence-corrected chi connectivity index (χ2v) is 7.99. The van der Waals surface area contributed by atoms with Crippen molar-refractivity contribution in [1.82, 2.24) is 25.0 Å². The third kappa shape index (κ3) is 3.07. The summed E-state index contributed by atoms with van der Waals surface area (Å²) < 4.78 is 7.33. The average Bonchev–Trinajstić information content (AvgIpc) is 3.43. The second-order valence-electron chi connectivity index (χ2n) is 7.99. The number of aromatic amines is 1. The van der Waals surface area contributed by atoms with Crippen LogP contribution in [-0.2, 0) is 10.3 Å². The summed E-state index contributed by atoms with van der Waals surface area (Å²) in [6.07, 6.45) is 12.7. The lowest BCUT2D eigenvalue weighted by Crippen LogP contribution is -2.44. The molecule has 0 saturated carbocycles. The van der Waals surface area contributed by atoms with Gasteiger partial charge in [0.15, 0.2) is 11.5 Å². The number of anilines is 1. The Bertz CT molecular complexity index is 1140. The number of ether oxygens (including phenoxy) is 1. The maximum atomic E-state index is 11.6. The molecule has 0 spiro atoms. The number of aromatic nitrogens is 5. The molecule has 1 unspecified atom stereocenters. The second kappa shape index (κ2) is 7.27. The van der Waals surface area contributed by atoms with Crippen LogP contribution in [-0.4, -0.2) is 55.9 Å². The summed E-state index contributed by atoms with van der Waals surface area (Å²) in [5, 5.41) is 24.0. The molecule has 0 aromatic carbocycles. The van der Waals surface area contributed by atoms with Crippen LogP contribution in [0.3, 0.4) is 0 Å². The van der Waals surface area contributed by atoms with Crippen molar-refractivity contribution in [1.29, 1.82) is 0 Å². The zero-order valence-electron chi connectivity index (χ0n) is 16.9.